The van der Waals surface area contributed by atoms with Gasteiger partial charge in [-0.25, -0.2) is 4.79 Å². The molecule has 1 amide bonds. The third-order valence-corrected chi connectivity index (χ3v) is 4.41. The third-order valence-electron chi connectivity index (χ3n) is 4.41. The highest BCUT2D eigenvalue weighted by molar-refractivity contribution is 5.85. The summed E-state index contributed by atoms with van der Waals surface area (Å²) in [6.07, 6.45) is -3.78. The van der Waals surface area contributed by atoms with Gasteiger partial charge in [0.25, 0.3) is 0 Å². The molecular formula is C17H20F3NO3. The molecule has 1 aromatic rings. The van der Waals surface area contributed by atoms with Crippen molar-refractivity contribution in [1.29, 1.82) is 0 Å². The van der Waals surface area contributed by atoms with Crippen LogP contribution in [0.5, 0.6) is 0 Å². The van der Waals surface area contributed by atoms with E-state index in [9.17, 15) is 27.9 Å². The van der Waals surface area contributed by atoms with Crippen LogP contribution in [0.2, 0.25) is 0 Å². The quantitative estimate of drug-likeness (QED) is 0.863. The summed E-state index contributed by atoms with van der Waals surface area (Å²) in [6, 6.07) is 7.63. The minimum Gasteiger partial charge on any atom is -0.480 e. The maximum Gasteiger partial charge on any atom is 0.391 e. The Morgan fingerprint density at radius 3 is 2.46 bits per heavy atom. The van der Waals surface area contributed by atoms with Gasteiger partial charge < -0.3 is 10.4 Å². The van der Waals surface area contributed by atoms with Gasteiger partial charge in [0.1, 0.15) is 6.04 Å². The molecule has 0 heterocycles. The smallest absolute Gasteiger partial charge is 0.391 e. The zero-order valence-corrected chi connectivity index (χ0v) is 13.1. The summed E-state index contributed by atoms with van der Waals surface area (Å²) < 4.78 is 38.5. The monoisotopic (exact) mass is 343 g/mol. The molecule has 1 aliphatic carbocycles. The van der Waals surface area contributed by atoms with Gasteiger partial charge in [-0.15, -0.1) is 0 Å². The van der Waals surface area contributed by atoms with Crippen LogP contribution >= 0.6 is 0 Å². The Morgan fingerprint density at radius 2 is 1.88 bits per heavy atom. The van der Waals surface area contributed by atoms with Gasteiger partial charge in [-0.2, -0.15) is 13.2 Å². The fourth-order valence-corrected chi connectivity index (χ4v) is 3.06. The number of nitrogens with one attached hydrogen (secondary N) is 1. The Hall–Kier alpha value is -2.05. The molecule has 4 nitrogen and oxygen atoms in total. The second kappa shape index (κ2) is 7.68. The number of alkyl halides is 3. The van der Waals surface area contributed by atoms with E-state index in [0.29, 0.717) is 12.8 Å². The number of carboxylic acid groups (broad SMARTS) is 1. The van der Waals surface area contributed by atoms with Crippen molar-refractivity contribution in [3.05, 3.63) is 35.9 Å². The third kappa shape index (κ3) is 4.97. The first kappa shape index (κ1) is 18.3. The number of amides is 1. The number of carboxylic acids is 1. The van der Waals surface area contributed by atoms with Crippen molar-refractivity contribution in [3.63, 3.8) is 0 Å². The van der Waals surface area contributed by atoms with Gasteiger partial charge in [-0.1, -0.05) is 36.8 Å². The van der Waals surface area contributed by atoms with Crippen molar-refractivity contribution in [1.82, 2.24) is 5.32 Å². The summed E-state index contributed by atoms with van der Waals surface area (Å²) in [5, 5.41) is 11.7. The molecule has 3 unspecified atom stereocenters. The van der Waals surface area contributed by atoms with Crippen LogP contribution in [-0.4, -0.2) is 29.2 Å². The van der Waals surface area contributed by atoms with E-state index in [1.165, 1.54) is 0 Å². The number of benzene rings is 1. The van der Waals surface area contributed by atoms with E-state index < -0.39 is 35.9 Å². The maximum atomic E-state index is 12.8. The first-order valence-corrected chi connectivity index (χ1v) is 7.91. The molecule has 1 aromatic carbocycles. The summed E-state index contributed by atoms with van der Waals surface area (Å²) in [5.74, 6) is -4.08. The molecule has 24 heavy (non-hydrogen) atoms. The van der Waals surface area contributed by atoms with Crippen molar-refractivity contribution < 1.29 is 27.9 Å². The van der Waals surface area contributed by atoms with Crippen molar-refractivity contribution >= 4 is 11.9 Å². The highest BCUT2D eigenvalue weighted by atomic mass is 19.4. The molecule has 2 rings (SSSR count). The normalized spacial score (nSPS) is 22.6. The zero-order chi connectivity index (χ0) is 17.7. The van der Waals surface area contributed by atoms with Gasteiger partial charge in [0.05, 0.1) is 5.92 Å². The van der Waals surface area contributed by atoms with Crippen LogP contribution < -0.4 is 5.32 Å². The number of rotatable bonds is 5. The molecule has 2 N–H and O–H groups in total. The average Bonchev–Trinajstić information content (AvgIpc) is 2.54. The first-order valence-electron chi connectivity index (χ1n) is 7.91. The molecular weight excluding hydrogens is 323 g/mol. The van der Waals surface area contributed by atoms with Crippen molar-refractivity contribution in [3.8, 4) is 0 Å². The van der Waals surface area contributed by atoms with Gasteiger partial charge in [0.2, 0.25) is 5.91 Å². The Balaban J connectivity index is 1.98. The Bertz CT molecular complexity index is 574. The molecule has 0 saturated heterocycles. The number of carbonyl (C=O) groups is 2. The Labute approximate surface area is 138 Å². The Morgan fingerprint density at radius 1 is 1.21 bits per heavy atom. The average molecular weight is 343 g/mol. The van der Waals surface area contributed by atoms with Crippen molar-refractivity contribution in [2.45, 2.75) is 44.3 Å². The molecule has 1 saturated carbocycles. The number of aliphatic carboxylic acids is 1. The van der Waals surface area contributed by atoms with Crippen molar-refractivity contribution in [2.75, 3.05) is 0 Å². The van der Waals surface area contributed by atoms with E-state index in [-0.39, 0.29) is 19.3 Å². The van der Waals surface area contributed by atoms with Crippen LogP contribution in [0.15, 0.2) is 30.3 Å². The van der Waals surface area contributed by atoms with E-state index in [1.54, 1.807) is 30.3 Å². The second-order valence-corrected chi connectivity index (χ2v) is 6.19. The minimum absolute atomic E-state index is 0.0274. The lowest BCUT2D eigenvalue weighted by atomic mass is 9.80. The topological polar surface area (TPSA) is 66.4 Å². The predicted molar refractivity (Wildman–Crippen MR) is 81.2 cm³/mol. The molecule has 0 aromatic heterocycles. The molecule has 3 atom stereocenters. The highest BCUT2D eigenvalue weighted by Crippen LogP contribution is 2.39. The van der Waals surface area contributed by atoms with Crippen LogP contribution in [0, 0.1) is 11.8 Å². The molecule has 0 aliphatic heterocycles. The van der Waals surface area contributed by atoms with Gasteiger partial charge in [-0.3, -0.25) is 4.79 Å². The number of hydrogen-bond acceptors (Lipinski definition) is 2. The summed E-state index contributed by atoms with van der Waals surface area (Å²) in [6.45, 7) is 0. The lowest BCUT2D eigenvalue weighted by Gasteiger charge is -2.30. The molecule has 7 heteroatoms. The van der Waals surface area contributed by atoms with Gasteiger partial charge in [0.15, 0.2) is 0 Å². The fraction of sp³-hybridized carbons (Fsp3) is 0.529. The SMILES string of the molecule is O=C(NC(Cc1ccccc1)C(=O)O)C1CCCC(C(F)(F)F)C1. The van der Waals surface area contributed by atoms with Crippen LogP contribution in [0.3, 0.4) is 0 Å². The van der Waals surface area contributed by atoms with E-state index in [4.69, 9.17) is 0 Å². The second-order valence-electron chi connectivity index (χ2n) is 6.19. The largest absolute Gasteiger partial charge is 0.480 e. The number of halogens is 3. The van der Waals surface area contributed by atoms with Crippen molar-refractivity contribution in [2.24, 2.45) is 11.8 Å². The van der Waals surface area contributed by atoms with E-state index in [2.05, 4.69) is 5.32 Å². The predicted octanol–water partition coefficient (Wildman–Crippen LogP) is 3.17. The highest BCUT2D eigenvalue weighted by Gasteiger charge is 2.43. The summed E-state index contributed by atoms with van der Waals surface area (Å²) in [4.78, 5) is 23.6. The van der Waals surface area contributed by atoms with Crippen LogP contribution in [0.25, 0.3) is 0 Å². The molecule has 1 fully saturated rings. The summed E-state index contributed by atoms with van der Waals surface area (Å²) in [5.41, 5.74) is 0.738. The number of carbonyl (C=O) groups excluding carboxylic acids is 1. The van der Waals surface area contributed by atoms with Crippen LogP contribution in [0.4, 0.5) is 13.2 Å². The summed E-state index contributed by atoms with van der Waals surface area (Å²) in [7, 11) is 0. The maximum absolute atomic E-state index is 12.8. The fourth-order valence-electron chi connectivity index (χ4n) is 3.06. The standard InChI is InChI=1S/C17H20F3NO3/c18-17(19,20)13-8-4-7-12(10-13)15(22)21-14(16(23)24)9-11-5-2-1-3-6-11/h1-3,5-6,12-14H,4,7-10H2,(H,21,22)(H,23,24). The van der Waals surface area contributed by atoms with Crippen LogP contribution in [0.1, 0.15) is 31.2 Å². The van der Waals surface area contributed by atoms with E-state index in [0.717, 1.165) is 5.56 Å². The summed E-state index contributed by atoms with van der Waals surface area (Å²) >= 11 is 0. The lowest BCUT2D eigenvalue weighted by Crippen LogP contribution is -2.46. The molecule has 132 valence electrons. The number of hydrogen-bond donors (Lipinski definition) is 2. The molecule has 0 bridgehead atoms. The molecule has 0 radical (unpaired) electrons. The molecule has 0 spiro atoms. The first-order chi connectivity index (χ1) is 11.3. The van der Waals surface area contributed by atoms with Crippen LogP contribution in [-0.2, 0) is 16.0 Å². The Kier molecular flexibility index (Phi) is 5.85. The van der Waals surface area contributed by atoms with E-state index >= 15 is 0 Å². The molecule has 1 aliphatic rings. The minimum atomic E-state index is -4.31. The van der Waals surface area contributed by atoms with Gasteiger partial charge in [-0.05, 0) is 24.8 Å². The lowest BCUT2D eigenvalue weighted by molar-refractivity contribution is -0.186. The van der Waals surface area contributed by atoms with Gasteiger partial charge in [0, 0.05) is 12.3 Å². The van der Waals surface area contributed by atoms with Gasteiger partial charge >= 0.3 is 12.1 Å². The van der Waals surface area contributed by atoms with E-state index in [1.807, 2.05) is 0 Å². The zero-order valence-electron chi connectivity index (χ0n) is 13.1.